The molecule has 0 aliphatic rings. The van der Waals surface area contributed by atoms with Gasteiger partial charge in [0.25, 0.3) is 0 Å². The Hall–Kier alpha value is -1.84. The SMILES string of the molecule is Cn1c(-c2cccc(F)c2)cnc1N. The maximum absolute atomic E-state index is 12.9. The summed E-state index contributed by atoms with van der Waals surface area (Å²) in [4.78, 5) is 3.94. The van der Waals surface area contributed by atoms with Crippen molar-refractivity contribution in [1.82, 2.24) is 9.55 Å². The minimum atomic E-state index is -0.262. The molecule has 1 aromatic heterocycles. The first kappa shape index (κ1) is 8.74. The van der Waals surface area contributed by atoms with Crippen LogP contribution in [0.1, 0.15) is 0 Å². The lowest BCUT2D eigenvalue weighted by Gasteiger charge is -2.02. The topological polar surface area (TPSA) is 43.8 Å². The number of anilines is 1. The van der Waals surface area contributed by atoms with E-state index in [-0.39, 0.29) is 5.82 Å². The van der Waals surface area contributed by atoms with Crippen molar-refractivity contribution in [3.8, 4) is 11.3 Å². The Morgan fingerprint density at radius 2 is 2.21 bits per heavy atom. The van der Waals surface area contributed by atoms with Crippen LogP contribution in [0, 0.1) is 5.82 Å². The third-order valence-electron chi connectivity index (χ3n) is 2.14. The van der Waals surface area contributed by atoms with E-state index >= 15 is 0 Å². The lowest BCUT2D eigenvalue weighted by Crippen LogP contribution is -1.98. The zero-order chi connectivity index (χ0) is 10.1. The minimum Gasteiger partial charge on any atom is -0.369 e. The molecule has 0 radical (unpaired) electrons. The molecule has 0 unspecified atom stereocenters. The van der Waals surface area contributed by atoms with Crippen molar-refractivity contribution in [2.24, 2.45) is 7.05 Å². The fourth-order valence-electron chi connectivity index (χ4n) is 1.34. The van der Waals surface area contributed by atoms with Crippen molar-refractivity contribution in [2.45, 2.75) is 0 Å². The molecule has 0 atom stereocenters. The quantitative estimate of drug-likeness (QED) is 0.747. The van der Waals surface area contributed by atoms with Crippen molar-refractivity contribution in [3.05, 3.63) is 36.3 Å². The summed E-state index contributed by atoms with van der Waals surface area (Å²) in [5, 5.41) is 0. The lowest BCUT2D eigenvalue weighted by atomic mass is 10.1. The average molecular weight is 191 g/mol. The summed E-state index contributed by atoms with van der Waals surface area (Å²) in [7, 11) is 1.79. The number of nitrogens with two attached hydrogens (primary N) is 1. The number of imidazole rings is 1. The Morgan fingerprint density at radius 3 is 2.79 bits per heavy atom. The molecule has 0 amide bonds. The van der Waals surface area contributed by atoms with Gasteiger partial charge in [0.1, 0.15) is 5.82 Å². The average Bonchev–Trinajstić information content (AvgIpc) is 2.48. The van der Waals surface area contributed by atoms with E-state index in [1.54, 1.807) is 23.9 Å². The van der Waals surface area contributed by atoms with Gasteiger partial charge in [-0.3, -0.25) is 0 Å². The molecule has 0 aliphatic heterocycles. The molecule has 0 aliphatic carbocycles. The van der Waals surface area contributed by atoms with Gasteiger partial charge in [0, 0.05) is 12.6 Å². The van der Waals surface area contributed by atoms with Crippen LogP contribution in [0.25, 0.3) is 11.3 Å². The Morgan fingerprint density at radius 1 is 1.43 bits per heavy atom. The van der Waals surface area contributed by atoms with Crippen molar-refractivity contribution >= 4 is 5.95 Å². The van der Waals surface area contributed by atoms with E-state index in [1.165, 1.54) is 12.1 Å². The monoisotopic (exact) mass is 191 g/mol. The largest absolute Gasteiger partial charge is 0.369 e. The molecule has 1 heterocycles. The summed E-state index contributed by atoms with van der Waals surface area (Å²) in [6, 6.07) is 6.34. The van der Waals surface area contributed by atoms with Gasteiger partial charge in [-0.15, -0.1) is 0 Å². The summed E-state index contributed by atoms with van der Waals surface area (Å²) in [6.45, 7) is 0. The van der Waals surface area contributed by atoms with Gasteiger partial charge in [-0.05, 0) is 12.1 Å². The van der Waals surface area contributed by atoms with Crippen LogP contribution in [0.3, 0.4) is 0 Å². The Bertz CT molecular complexity index is 462. The number of rotatable bonds is 1. The Labute approximate surface area is 81.0 Å². The number of hydrogen-bond donors (Lipinski definition) is 1. The van der Waals surface area contributed by atoms with Crippen LogP contribution in [0.4, 0.5) is 10.3 Å². The number of aromatic nitrogens is 2. The van der Waals surface area contributed by atoms with E-state index in [2.05, 4.69) is 4.98 Å². The van der Waals surface area contributed by atoms with Crippen LogP contribution >= 0.6 is 0 Å². The highest BCUT2D eigenvalue weighted by Gasteiger charge is 2.05. The standard InChI is InChI=1S/C10H10FN3/c1-14-9(6-13-10(14)12)7-3-2-4-8(11)5-7/h2-6H,1H3,(H2,12,13). The van der Waals surface area contributed by atoms with E-state index in [4.69, 9.17) is 5.73 Å². The Kier molecular flexibility index (Phi) is 1.96. The second-order valence-corrected chi connectivity index (χ2v) is 3.07. The smallest absolute Gasteiger partial charge is 0.200 e. The number of nitrogen functional groups attached to an aromatic ring is 1. The highest BCUT2D eigenvalue weighted by molar-refractivity contribution is 5.60. The van der Waals surface area contributed by atoms with E-state index in [9.17, 15) is 4.39 Å². The molecule has 0 saturated carbocycles. The number of benzene rings is 1. The lowest BCUT2D eigenvalue weighted by molar-refractivity contribution is 0.628. The van der Waals surface area contributed by atoms with Crippen LogP contribution in [0.2, 0.25) is 0 Å². The molecule has 0 fully saturated rings. The van der Waals surface area contributed by atoms with Crippen LogP contribution in [0.5, 0.6) is 0 Å². The molecule has 2 N–H and O–H groups in total. The molecule has 4 heteroatoms. The van der Waals surface area contributed by atoms with E-state index in [1.807, 2.05) is 6.07 Å². The summed E-state index contributed by atoms with van der Waals surface area (Å²) in [6.07, 6.45) is 1.63. The molecular weight excluding hydrogens is 181 g/mol. The van der Waals surface area contributed by atoms with Crippen LogP contribution in [-0.4, -0.2) is 9.55 Å². The van der Waals surface area contributed by atoms with Gasteiger partial charge in [-0.25, -0.2) is 9.37 Å². The first-order valence-corrected chi connectivity index (χ1v) is 4.21. The molecule has 72 valence electrons. The highest BCUT2D eigenvalue weighted by atomic mass is 19.1. The second kappa shape index (κ2) is 3.14. The fraction of sp³-hybridized carbons (Fsp3) is 0.100. The van der Waals surface area contributed by atoms with Crippen molar-refractivity contribution < 1.29 is 4.39 Å². The van der Waals surface area contributed by atoms with Crippen LogP contribution in [-0.2, 0) is 7.05 Å². The van der Waals surface area contributed by atoms with Crippen molar-refractivity contribution in [1.29, 1.82) is 0 Å². The predicted octanol–water partition coefficient (Wildman–Crippen LogP) is 1.81. The minimum absolute atomic E-state index is 0.262. The molecule has 3 nitrogen and oxygen atoms in total. The third-order valence-corrected chi connectivity index (χ3v) is 2.14. The van der Waals surface area contributed by atoms with Gasteiger partial charge in [0.2, 0.25) is 0 Å². The van der Waals surface area contributed by atoms with E-state index in [0.717, 1.165) is 11.3 Å². The Balaban J connectivity index is 2.55. The number of halogens is 1. The maximum Gasteiger partial charge on any atom is 0.200 e. The van der Waals surface area contributed by atoms with E-state index in [0.29, 0.717) is 5.95 Å². The maximum atomic E-state index is 12.9. The van der Waals surface area contributed by atoms with Gasteiger partial charge in [0.05, 0.1) is 11.9 Å². The van der Waals surface area contributed by atoms with Gasteiger partial charge in [-0.2, -0.15) is 0 Å². The summed E-state index contributed by atoms with van der Waals surface area (Å²) >= 11 is 0. The fourth-order valence-corrected chi connectivity index (χ4v) is 1.34. The van der Waals surface area contributed by atoms with Crippen molar-refractivity contribution in [2.75, 3.05) is 5.73 Å². The normalized spacial score (nSPS) is 10.4. The van der Waals surface area contributed by atoms with Crippen molar-refractivity contribution in [3.63, 3.8) is 0 Å². The van der Waals surface area contributed by atoms with Crippen LogP contribution < -0.4 is 5.73 Å². The summed E-state index contributed by atoms with van der Waals surface area (Å²) in [5.74, 6) is 0.159. The molecule has 0 spiro atoms. The molecule has 14 heavy (non-hydrogen) atoms. The summed E-state index contributed by atoms with van der Waals surface area (Å²) < 4.78 is 14.6. The predicted molar refractivity (Wildman–Crippen MR) is 53.0 cm³/mol. The first-order chi connectivity index (χ1) is 6.68. The molecule has 0 bridgehead atoms. The number of hydrogen-bond acceptors (Lipinski definition) is 2. The van der Waals surface area contributed by atoms with Gasteiger partial charge >= 0.3 is 0 Å². The van der Waals surface area contributed by atoms with Gasteiger partial charge < -0.3 is 10.3 Å². The second-order valence-electron chi connectivity index (χ2n) is 3.07. The number of nitrogens with zero attached hydrogens (tertiary/aromatic N) is 2. The first-order valence-electron chi connectivity index (χ1n) is 4.21. The highest BCUT2D eigenvalue weighted by Crippen LogP contribution is 2.20. The molecular formula is C10H10FN3. The summed E-state index contributed by atoms with van der Waals surface area (Å²) in [5.41, 5.74) is 7.16. The molecule has 2 aromatic rings. The molecule has 0 saturated heterocycles. The third kappa shape index (κ3) is 1.35. The van der Waals surface area contributed by atoms with Crippen LogP contribution in [0.15, 0.2) is 30.5 Å². The molecule has 1 aromatic carbocycles. The van der Waals surface area contributed by atoms with Gasteiger partial charge in [-0.1, -0.05) is 12.1 Å². The zero-order valence-corrected chi connectivity index (χ0v) is 7.74. The molecule has 2 rings (SSSR count). The van der Waals surface area contributed by atoms with Gasteiger partial charge in [0.15, 0.2) is 5.95 Å². The zero-order valence-electron chi connectivity index (χ0n) is 7.74. The van der Waals surface area contributed by atoms with E-state index < -0.39 is 0 Å².